The molecule has 0 bridgehead atoms. The fourth-order valence-electron chi connectivity index (χ4n) is 3.01. The van der Waals surface area contributed by atoms with Gasteiger partial charge in [-0.1, -0.05) is 36.0 Å². The van der Waals surface area contributed by atoms with Crippen LogP contribution >= 0.6 is 23.8 Å². The Labute approximate surface area is 151 Å². The Kier molecular flexibility index (Phi) is 4.55. The predicted octanol–water partition coefficient (Wildman–Crippen LogP) is 3.19. The molecule has 1 aliphatic rings. The molecule has 0 saturated heterocycles. The number of benzene rings is 2. The number of thiocarbonyl (C=S) groups is 1. The molecule has 1 saturated carbocycles. The fraction of sp³-hybridized carbons (Fsp3) is 0.235. The van der Waals surface area contributed by atoms with Crippen LogP contribution in [0.25, 0.3) is 0 Å². The van der Waals surface area contributed by atoms with Crippen LogP contribution in [0, 0.1) is 5.92 Å². The lowest BCUT2D eigenvalue weighted by atomic mass is 10.1. The van der Waals surface area contributed by atoms with Gasteiger partial charge in [0.25, 0.3) is 0 Å². The highest BCUT2D eigenvalue weighted by Crippen LogP contribution is 2.54. The van der Waals surface area contributed by atoms with Gasteiger partial charge in [-0.3, -0.25) is 0 Å². The Morgan fingerprint density at radius 3 is 2.21 bits per heavy atom. The molecule has 7 heteroatoms. The summed E-state index contributed by atoms with van der Waals surface area (Å²) in [5, 5.41) is -0.160. The summed E-state index contributed by atoms with van der Waals surface area (Å²) < 4.78 is 31.0. The van der Waals surface area contributed by atoms with Gasteiger partial charge < -0.3 is 10.5 Å². The van der Waals surface area contributed by atoms with Crippen molar-refractivity contribution in [2.45, 2.75) is 16.1 Å². The molecule has 2 aromatic rings. The Morgan fingerprint density at radius 2 is 1.71 bits per heavy atom. The molecular weight excluding hydrogens is 366 g/mol. The number of nitrogens with two attached hydrogens (primary N) is 1. The summed E-state index contributed by atoms with van der Waals surface area (Å²) in [6.45, 7) is 0. The molecule has 24 heavy (non-hydrogen) atoms. The van der Waals surface area contributed by atoms with Gasteiger partial charge in [-0.2, -0.15) is 0 Å². The maximum absolute atomic E-state index is 12.9. The first-order valence-corrected chi connectivity index (χ1v) is 9.62. The van der Waals surface area contributed by atoms with Gasteiger partial charge in [0.15, 0.2) is 9.84 Å². The molecule has 0 spiro atoms. The number of hydrogen-bond donors (Lipinski definition) is 1. The van der Waals surface area contributed by atoms with Gasteiger partial charge in [0.1, 0.15) is 5.75 Å². The van der Waals surface area contributed by atoms with Crippen LogP contribution in [0.4, 0.5) is 0 Å². The monoisotopic (exact) mass is 381 g/mol. The molecule has 126 valence electrons. The van der Waals surface area contributed by atoms with E-state index < -0.39 is 15.1 Å². The van der Waals surface area contributed by atoms with E-state index in [1.165, 1.54) is 12.1 Å². The van der Waals surface area contributed by atoms with Crippen LogP contribution in [0.1, 0.15) is 11.5 Å². The predicted molar refractivity (Wildman–Crippen MR) is 98.4 cm³/mol. The fourth-order valence-corrected chi connectivity index (χ4v) is 5.67. The molecule has 0 radical (unpaired) electrons. The Hall–Kier alpha value is -1.63. The van der Waals surface area contributed by atoms with Crippen molar-refractivity contribution < 1.29 is 13.2 Å². The molecule has 0 unspecified atom stereocenters. The Morgan fingerprint density at radius 1 is 1.12 bits per heavy atom. The Bertz CT molecular complexity index is 864. The molecular formula is C17H16ClNO3S2. The van der Waals surface area contributed by atoms with E-state index in [1.807, 2.05) is 12.1 Å². The Balaban J connectivity index is 1.96. The molecule has 0 heterocycles. The van der Waals surface area contributed by atoms with Crippen LogP contribution in [0.2, 0.25) is 5.02 Å². The highest BCUT2D eigenvalue weighted by Gasteiger charge is 2.60. The lowest BCUT2D eigenvalue weighted by Gasteiger charge is -2.05. The normalized spacial score (nSPS) is 22.8. The first-order valence-electron chi connectivity index (χ1n) is 7.29. The lowest BCUT2D eigenvalue weighted by molar-refractivity contribution is 0.414. The van der Waals surface area contributed by atoms with Crippen LogP contribution in [0.15, 0.2) is 53.4 Å². The van der Waals surface area contributed by atoms with E-state index in [1.54, 1.807) is 31.4 Å². The van der Waals surface area contributed by atoms with Crippen molar-refractivity contribution in [2.75, 3.05) is 7.11 Å². The average Bonchev–Trinajstić information content (AvgIpc) is 3.32. The van der Waals surface area contributed by atoms with Crippen molar-refractivity contribution in [3.63, 3.8) is 0 Å². The minimum Gasteiger partial charge on any atom is -0.497 e. The van der Waals surface area contributed by atoms with E-state index in [4.69, 9.17) is 34.3 Å². The second-order valence-corrected chi connectivity index (χ2v) is 8.70. The third-order valence-electron chi connectivity index (χ3n) is 4.28. The number of sulfone groups is 1. The number of rotatable bonds is 5. The summed E-state index contributed by atoms with van der Waals surface area (Å²) in [7, 11) is -1.97. The summed E-state index contributed by atoms with van der Waals surface area (Å²) >= 11 is 10.9. The van der Waals surface area contributed by atoms with Crippen LogP contribution in [0.5, 0.6) is 5.75 Å². The molecule has 3 rings (SSSR count). The SMILES string of the molecule is COc1ccc([C@@H]2[C@H](C(N)=S)[C@H]2S(=O)(=O)c2ccc(Cl)cc2)cc1. The molecule has 0 amide bonds. The molecule has 1 aliphatic carbocycles. The van der Waals surface area contributed by atoms with E-state index in [9.17, 15) is 8.42 Å². The molecule has 3 atom stereocenters. The van der Waals surface area contributed by atoms with E-state index in [-0.39, 0.29) is 21.7 Å². The van der Waals surface area contributed by atoms with Gasteiger partial charge in [-0.05, 0) is 42.0 Å². The van der Waals surface area contributed by atoms with Gasteiger partial charge in [-0.15, -0.1) is 0 Å². The number of ether oxygens (including phenoxy) is 1. The van der Waals surface area contributed by atoms with E-state index >= 15 is 0 Å². The maximum atomic E-state index is 12.9. The van der Waals surface area contributed by atoms with E-state index in [0.29, 0.717) is 10.8 Å². The van der Waals surface area contributed by atoms with Crippen LogP contribution in [-0.2, 0) is 9.84 Å². The first-order chi connectivity index (χ1) is 11.4. The topological polar surface area (TPSA) is 69.4 Å². The van der Waals surface area contributed by atoms with Crippen LogP contribution in [-0.4, -0.2) is 25.8 Å². The van der Waals surface area contributed by atoms with Crippen molar-refractivity contribution in [1.29, 1.82) is 0 Å². The highest BCUT2D eigenvalue weighted by molar-refractivity contribution is 7.92. The van der Waals surface area contributed by atoms with Crippen molar-refractivity contribution in [1.82, 2.24) is 0 Å². The molecule has 0 aromatic heterocycles. The third-order valence-corrected chi connectivity index (χ3v) is 7.04. The number of methoxy groups -OCH3 is 1. The maximum Gasteiger partial charge on any atom is 0.182 e. The molecule has 4 nitrogen and oxygen atoms in total. The van der Waals surface area contributed by atoms with Gasteiger partial charge >= 0.3 is 0 Å². The minimum atomic E-state index is -3.55. The van der Waals surface area contributed by atoms with Crippen LogP contribution < -0.4 is 10.5 Å². The number of hydrogen-bond acceptors (Lipinski definition) is 4. The average molecular weight is 382 g/mol. The smallest absolute Gasteiger partial charge is 0.182 e. The third kappa shape index (κ3) is 3.01. The van der Waals surface area contributed by atoms with Gasteiger partial charge in [-0.25, -0.2) is 8.42 Å². The zero-order valence-corrected chi connectivity index (χ0v) is 15.2. The van der Waals surface area contributed by atoms with E-state index in [2.05, 4.69) is 0 Å². The second kappa shape index (κ2) is 6.35. The summed E-state index contributed by atoms with van der Waals surface area (Å²) in [6.07, 6.45) is 0. The van der Waals surface area contributed by atoms with Gasteiger partial charge in [0, 0.05) is 16.9 Å². The lowest BCUT2D eigenvalue weighted by Crippen LogP contribution is -2.17. The molecule has 1 fully saturated rings. The first kappa shape index (κ1) is 17.2. The van der Waals surface area contributed by atoms with Crippen molar-refractivity contribution >= 4 is 38.6 Å². The van der Waals surface area contributed by atoms with Crippen molar-refractivity contribution in [2.24, 2.45) is 11.7 Å². The quantitative estimate of drug-likeness (QED) is 0.805. The van der Waals surface area contributed by atoms with Crippen LogP contribution in [0.3, 0.4) is 0 Å². The zero-order valence-electron chi connectivity index (χ0n) is 12.8. The summed E-state index contributed by atoms with van der Waals surface area (Å²) in [5.41, 5.74) is 6.68. The summed E-state index contributed by atoms with van der Waals surface area (Å²) in [5.74, 6) is 0.103. The minimum absolute atomic E-state index is 0.221. The standard InChI is InChI=1S/C17H16ClNO3S2/c1-22-12-6-2-10(3-7-12)14-15(17(19)23)16(14)24(20,21)13-8-4-11(18)5-9-13/h2-9,14-16H,1H3,(H2,19,23)/t14-,15+,16+/m1/s1. The highest BCUT2D eigenvalue weighted by atomic mass is 35.5. The largest absolute Gasteiger partial charge is 0.497 e. The number of halogens is 1. The molecule has 2 aromatic carbocycles. The zero-order chi connectivity index (χ0) is 17.5. The van der Waals surface area contributed by atoms with E-state index in [0.717, 1.165) is 5.56 Å². The molecule has 0 aliphatic heterocycles. The second-order valence-electron chi connectivity index (χ2n) is 5.69. The van der Waals surface area contributed by atoms with Crippen molar-refractivity contribution in [3.05, 3.63) is 59.1 Å². The summed E-state index contributed by atoms with van der Waals surface area (Å²) in [4.78, 5) is 0.451. The summed E-state index contributed by atoms with van der Waals surface area (Å²) in [6, 6.07) is 13.5. The van der Waals surface area contributed by atoms with Gasteiger partial charge in [0.05, 0.1) is 22.2 Å². The van der Waals surface area contributed by atoms with Crippen molar-refractivity contribution in [3.8, 4) is 5.75 Å². The molecule has 2 N–H and O–H groups in total. The van der Waals surface area contributed by atoms with Gasteiger partial charge in [0.2, 0.25) is 0 Å².